The molecule has 1 N–H and O–H groups in total. The Kier molecular flexibility index (Phi) is 5.81. The zero-order chi connectivity index (χ0) is 19.3. The highest BCUT2D eigenvalue weighted by molar-refractivity contribution is 6.42. The van der Waals surface area contributed by atoms with Crippen LogP contribution in [-0.2, 0) is 18.0 Å². The van der Waals surface area contributed by atoms with E-state index in [4.69, 9.17) is 33.0 Å². The quantitative estimate of drug-likeness (QED) is 0.665. The van der Waals surface area contributed by atoms with Gasteiger partial charge in [0.1, 0.15) is 5.82 Å². The molecule has 0 bridgehead atoms. The minimum absolute atomic E-state index is 0.524. The Morgan fingerprint density at radius 2 is 1.82 bits per heavy atom. The summed E-state index contributed by atoms with van der Waals surface area (Å²) < 4.78 is 0. The lowest BCUT2D eigenvalue weighted by Gasteiger charge is -2.20. The summed E-state index contributed by atoms with van der Waals surface area (Å²) in [5.41, 5.74) is 2.17. The molecule has 4 rings (SSSR count). The van der Waals surface area contributed by atoms with Gasteiger partial charge in [0.2, 0.25) is 0 Å². The highest BCUT2D eigenvalue weighted by atomic mass is 35.5. The predicted octanol–water partition coefficient (Wildman–Crippen LogP) is 3.97. The van der Waals surface area contributed by atoms with Crippen LogP contribution in [-0.4, -0.2) is 16.6 Å². The maximum atomic E-state index is 6.08. The van der Waals surface area contributed by atoms with Gasteiger partial charge >= 0.3 is 0 Å². The van der Waals surface area contributed by atoms with Crippen molar-refractivity contribution < 1.29 is 4.84 Å². The maximum Gasteiger partial charge on any atom is 0.126 e. The van der Waals surface area contributed by atoms with Gasteiger partial charge in [-0.25, -0.2) is 4.98 Å². The number of benzene rings is 2. The summed E-state index contributed by atoms with van der Waals surface area (Å²) >= 11 is 12.0. The summed E-state index contributed by atoms with van der Waals surface area (Å²) in [6, 6.07) is 19.7. The third-order valence-corrected chi connectivity index (χ3v) is 5.15. The maximum absolute atomic E-state index is 6.08. The van der Waals surface area contributed by atoms with Crippen molar-refractivity contribution >= 4 is 41.3 Å². The molecule has 28 heavy (non-hydrogen) atoms. The van der Waals surface area contributed by atoms with Crippen LogP contribution in [0.15, 0.2) is 60.7 Å². The van der Waals surface area contributed by atoms with Crippen molar-refractivity contribution in [3.8, 4) is 0 Å². The van der Waals surface area contributed by atoms with Gasteiger partial charge in [-0.2, -0.15) is 0 Å². The van der Waals surface area contributed by atoms with E-state index in [2.05, 4.69) is 17.5 Å². The second-order valence-corrected chi connectivity index (χ2v) is 7.28. The van der Waals surface area contributed by atoms with E-state index in [1.165, 1.54) is 0 Å². The van der Waals surface area contributed by atoms with Crippen LogP contribution in [0.4, 0.5) is 5.82 Å². The zero-order valence-corrected chi connectivity index (χ0v) is 16.6. The smallest absolute Gasteiger partial charge is 0.126 e. The summed E-state index contributed by atoms with van der Waals surface area (Å²) in [6.07, 6.45) is 4.04. The normalized spacial score (nSPS) is 12.7. The molecule has 3 aromatic rings. The molecule has 1 aromatic heterocycles. The number of fused-ring (bicyclic) bond motifs is 1. The van der Waals surface area contributed by atoms with Crippen LogP contribution in [0, 0.1) is 0 Å². The van der Waals surface area contributed by atoms with Crippen molar-refractivity contribution in [3.63, 3.8) is 0 Å². The minimum Gasteiger partial charge on any atom is -0.366 e. The summed E-state index contributed by atoms with van der Waals surface area (Å²) in [7, 11) is 0. The Bertz CT molecular complexity index is 1090. The topological polar surface area (TPSA) is 37.4 Å². The molecule has 0 saturated heterocycles. The molecule has 1 aliphatic heterocycles. The van der Waals surface area contributed by atoms with Crippen molar-refractivity contribution in [1.82, 2.24) is 10.0 Å². The fourth-order valence-corrected chi connectivity index (χ4v) is 3.22. The molecule has 0 spiro atoms. The molecule has 0 atom stereocenters. The van der Waals surface area contributed by atoms with E-state index in [0.717, 1.165) is 27.5 Å². The molecule has 0 radical (unpaired) electrons. The number of rotatable bonds is 6. The van der Waals surface area contributed by atoms with E-state index in [1.54, 1.807) is 6.07 Å². The molecular weight excluding hydrogens is 393 g/mol. The number of hydrogen-bond acceptors (Lipinski definition) is 4. The van der Waals surface area contributed by atoms with E-state index in [9.17, 15) is 0 Å². The zero-order valence-electron chi connectivity index (χ0n) is 15.1. The summed E-state index contributed by atoms with van der Waals surface area (Å²) in [6.45, 7) is 1.83. The van der Waals surface area contributed by atoms with Crippen LogP contribution in [0.2, 0.25) is 10.0 Å². The summed E-state index contributed by atoms with van der Waals surface area (Å²) in [5, 5.41) is 8.21. The van der Waals surface area contributed by atoms with Gasteiger partial charge in [-0.3, -0.25) is 9.90 Å². The predicted molar refractivity (Wildman–Crippen MR) is 114 cm³/mol. The molecule has 0 fully saturated rings. The van der Waals surface area contributed by atoms with Gasteiger partial charge in [0.25, 0.3) is 0 Å². The van der Waals surface area contributed by atoms with Gasteiger partial charge in [0, 0.05) is 6.54 Å². The minimum atomic E-state index is 0.524. The lowest BCUT2D eigenvalue weighted by molar-refractivity contribution is -0.106. The van der Waals surface area contributed by atoms with Gasteiger partial charge < -0.3 is 5.32 Å². The van der Waals surface area contributed by atoms with Crippen LogP contribution < -0.4 is 15.9 Å². The number of nitrogens with zero attached hydrogens (tertiary/aromatic N) is 2. The number of hydrogen-bond donors (Lipinski definition) is 1. The molecule has 2 heterocycles. The van der Waals surface area contributed by atoms with Gasteiger partial charge in [0.15, 0.2) is 0 Å². The van der Waals surface area contributed by atoms with Crippen LogP contribution in [0.3, 0.4) is 0 Å². The number of halogens is 2. The summed E-state index contributed by atoms with van der Waals surface area (Å²) in [5.74, 6) is 0.791. The second-order valence-electron chi connectivity index (χ2n) is 6.46. The van der Waals surface area contributed by atoms with Crippen molar-refractivity contribution in [3.05, 3.63) is 92.4 Å². The van der Waals surface area contributed by atoms with Gasteiger partial charge in [0.05, 0.1) is 34.7 Å². The molecule has 6 heteroatoms. The molecule has 0 aliphatic carbocycles. The van der Waals surface area contributed by atoms with E-state index >= 15 is 0 Å². The molecule has 0 amide bonds. The number of hydroxylamine groups is 2. The van der Waals surface area contributed by atoms with Crippen LogP contribution in [0.5, 0.6) is 0 Å². The highest BCUT2D eigenvalue weighted by Gasteiger charge is 2.06. The number of pyridine rings is 1. The van der Waals surface area contributed by atoms with Gasteiger partial charge in [-0.05, 0) is 40.6 Å². The Morgan fingerprint density at radius 1 is 0.964 bits per heavy atom. The van der Waals surface area contributed by atoms with Crippen molar-refractivity contribution in [2.45, 2.75) is 13.2 Å². The third-order valence-electron chi connectivity index (χ3n) is 4.41. The first-order valence-electron chi connectivity index (χ1n) is 8.98. The first-order chi connectivity index (χ1) is 13.7. The molecule has 2 aromatic carbocycles. The molecule has 0 unspecified atom stereocenters. The second kappa shape index (κ2) is 8.65. The van der Waals surface area contributed by atoms with E-state index < -0.39 is 0 Å². The van der Waals surface area contributed by atoms with Crippen LogP contribution in [0.1, 0.15) is 11.1 Å². The lowest BCUT2D eigenvalue weighted by atomic mass is 10.2. The fourth-order valence-electron chi connectivity index (χ4n) is 2.90. The monoisotopic (exact) mass is 411 g/mol. The van der Waals surface area contributed by atoms with Crippen molar-refractivity contribution in [1.29, 1.82) is 0 Å². The van der Waals surface area contributed by atoms with E-state index in [0.29, 0.717) is 29.7 Å². The van der Waals surface area contributed by atoms with Crippen molar-refractivity contribution in [2.75, 3.05) is 11.9 Å². The first kappa shape index (κ1) is 18.8. The lowest BCUT2D eigenvalue weighted by Crippen LogP contribution is -2.37. The average molecular weight is 412 g/mol. The molecule has 1 aliphatic rings. The van der Waals surface area contributed by atoms with Crippen LogP contribution in [0.25, 0.3) is 12.3 Å². The Morgan fingerprint density at radius 3 is 2.64 bits per heavy atom. The summed E-state index contributed by atoms with van der Waals surface area (Å²) in [4.78, 5) is 10.6. The molecule has 142 valence electrons. The third kappa shape index (κ3) is 4.65. The Balaban J connectivity index is 1.44. The fraction of sp³-hybridized carbons (Fsp3) is 0.136. The van der Waals surface area contributed by atoms with Gasteiger partial charge in [-0.1, -0.05) is 65.7 Å². The number of anilines is 1. The van der Waals surface area contributed by atoms with Crippen LogP contribution >= 0.6 is 23.2 Å². The highest BCUT2D eigenvalue weighted by Crippen LogP contribution is 2.22. The SMILES string of the molecule is Clc1ccc(CNc2ccc3c(n2)=CN(OCc2ccccc2)CC=3)cc1Cl. The molecule has 4 nitrogen and oxygen atoms in total. The first-order valence-corrected chi connectivity index (χ1v) is 9.73. The Labute approximate surface area is 173 Å². The number of nitrogens with one attached hydrogen (secondary N) is 1. The largest absolute Gasteiger partial charge is 0.366 e. The molecule has 0 saturated carbocycles. The Hall–Kier alpha value is -2.53. The van der Waals surface area contributed by atoms with E-state index in [-0.39, 0.29) is 0 Å². The average Bonchev–Trinajstić information content (AvgIpc) is 2.73. The van der Waals surface area contributed by atoms with E-state index in [1.807, 2.05) is 59.8 Å². The van der Waals surface area contributed by atoms with Gasteiger partial charge in [-0.15, -0.1) is 0 Å². The molecular formula is C22H19Cl2N3O. The number of aromatic nitrogens is 1. The standard InChI is InChI=1S/C22H19Cl2N3O/c23-19-8-6-17(12-20(19)24)13-25-22-9-7-18-10-11-27(14-21(18)26-22)28-15-16-4-2-1-3-5-16/h1-10,12,14H,11,13,15H2,(H,25,26). The van der Waals surface area contributed by atoms with Crippen molar-refractivity contribution in [2.24, 2.45) is 0 Å².